The highest BCUT2D eigenvalue weighted by molar-refractivity contribution is 5.16. The quantitative estimate of drug-likeness (QED) is 0.808. The summed E-state index contributed by atoms with van der Waals surface area (Å²) < 4.78 is 12.7. The van der Waals surface area contributed by atoms with E-state index < -0.39 is 0 Å². The maximum absolute atomic E-state index is 12.7. The smallest absolute Gasteiger partial charge is 0.123 e. The number of hydrogen-bond acceptors (Lipinski definition) is 2. The molecule has 0 bridgehead atoms. The Hall–Kier alpha value is -0.930. The minimum absolute atomic E-state index is 0.157. The molecule has 1 aliphatic heterocycles. The number of hydrogen-bond donors (Lipinski definition) is 1. The fourth-order valence-electron chi connectivity index (χ4n) is 2.55. The summed E-state index contributed by atoms with van der Waals surface area (Å²) in [6.45, 7) is 3.26. The van der Waals surface area contributed by atoms with E-state index in [1.165, 1.54) is 43.5 Å². The maximum Gasteiger partial charge on any atom is 0.123 e. The molecule has 1 saturated heterocycles. The van der Waals surface area contributed by atoms with Crippen LogP contribution < -0.4 is 5.32 Å². The van der Waals surface area contributed by atoms with Gasteiger partial charge in [0.25, 0.3) is 0 Å². The molecule has 1 fully saturated rings. The number of rotatable bonds is 5. The molecule has 0 radical (unpaired) electrons. The first kappa shape index (κ1) is 13.5. The molecule has 1 aromatic rings. The first-order valence-electron chi connectivity index (χ1n) is 6.91. The van der Waals surface area contributed by atoms with Crippen molar-refractivity contribution in [1.82, 2.24) is 10.2 Å². The van der Waals surface area contributed by atoms with Crippen molar-refractivity contribution < 1.29 is 4.39 Å². The average molecular weight is 250 g/mol. The third-order valence-corrected chi connectivity index (χ3v) is 3.81. The molecule has 1 N–H and O–H groups in total. The molecule has 0 amide bonds. The van der Waals surface area contributed by atoms with E-state index in [0.29, 0.717) is 6.04 Å². The van der Waals surface area contributed by atoms with Crippen molar-refractivity contribution in [2.24, 2.45) is 0 Å². The summed E-state index contributed by atoms with van der Waals surface area (Å²) in [5.41, 5.74) is 1.20. The highest BCUT2D eigenvalue weighted by atomic mass is 19.1. The lowest BCUT2D eigenvalue weighted by Gasteiger charge is -2.32. The molecule has 2 nitrogen and oxygen atoms in total. The maximum atomic E-state index is 12.7. The van der Waals surface area contributed by atoms with Crippen LogP contribution in [0.4, 0.5) is 4.39 Å². The Balaban J connectivity index is 1.65. The summed E-state index contributed by atoms with van der Waals surface area (Å²) in [6.07, 6.45) is 4.97. The second-order valence-electron chi connectivity index (χ2n) is 5.21. The lowest BCUT2D eigenvalue weighted by atomic mass is 10.0. The second kappa shape index (κ2) is 6.86. The summed E-state index contributed by atoms with van der Waals surface area (Å²) in [6, 6.07) is 7.48. The Bertz CT molecular complexity index is 350. The van der Waals surface area contributed by atoms with Gasteiger partial charge < -0.3 is 10.2 Å². The molecular formula is C15H23FN2. The molecule has 1 aromatic carbocycles. The van der Waals surface area contributed by atoms with Gasteiger partial charge in [0, 0.05) is 12.6 Å². The summed E-state index contributed by atoms with van der Waals surface area (Å²) >= 11 is 0. The lowest BCUT2D eigenvalue weighted by molar-refractivity contribution is 0.182. The van der Waals surface area contributed by atoms with E-state index in [4.69, 9.17) is 0 Å². The zero-order valence-corrected chi connectivity index (χ0v) is 11.2. The molecule has 18 heavy (non-hydrogen) atoms. The molecule has 1 atom stereocenters. The van der Waals surface area contributed by atoms with Crippen molar-refractivity contribution in [3.05, 3.63) is 35.6 Å². The van der Waals surface area contributed by atoms with E-state index in [2.05, 4.69) is 17.3 Å². The van der Waals surface area contributed by atoms with Crippen LogP contribution in [0.15, 0.2) is 24.3 Å². The average Bonchev–Trinajstić information content (AvgIpc) is 2.39. The van der Waals surface area contributed by atoms with E-state index in [9.17, 15) is 4.39 Å². The van der Waals surface area contributed by atoms with E-state index in [-0.39, 0.29) is 5.82 Å². The number of benzene rings is 1. The van der Waals surface area contributed by atoms with Crippen LogP contribution in [0.1, 0.15) is 24.8 Å². The molecule has 2 rings (SSSR count). The van der Waals surface area contributed by atoms with Gasteiger partial charge in [-0.1, -0.05) is 18.6 Å². The van der Waals surface area contributed by atoms with Gasteiger partial charge in [0.15, 0.2) is 0 Å². The normalized spacial score (nSPS) is 21.1. The van der Waals surface area contributed by atoms with Crippen molar-refractivity contribution in [1.29, 1.82) is 0 Å². The predicted molar refractivity (Wildman–Crippen MR) is 73.2 cm³/mol. The zero-order valence-electron chi connectivity index (χ0n) is 11.2. The van der Waals surface area contributed by atoms with Crippen LogP contribution in [0, 0.1) is 5.82 Å². The first-order chi connectivity index (χ1) is 8.75. The SMILES string of the molecule is CN1CCCCC1CNCCc1ccc(F)cc1. The van der Waals surface area contributed by atoms with Crippen molar-refractivity contribution >= 4 is 0 Å². The van der Waals surface area contributed by atoms with Gasteiger partial charge in [0.2, 0.25) is 0 Å². The van der Waals surface area contributed by atoms with Crippen LogP contribution in [-0.4, -0.2) is 37.6 Å². The molecule has 3 heteroatoms. The summed E-state index contributed by atoms with van der Waals surface area (Å²) in [5.74, 6) is -0.157. The Morgan fingerprint density at radius 3 is 2.78 bits per heavy atom. The number of likely N-dealkylation sites (tertiary alicyclic amines) is 1. The molecule has 0 saturated carbocycles. The molecule has 1 unspecified atom stereocenters. The molecule has 0 aromatic heterocycles. The zero-order chi connectivity index (χ0) is 12.8. The molecule has 100 valence electrons. The van der Waals surface area contributed by atoms with Gasteiger partial charge in [-0.05, 0) is 57.1 Å². The van der Waals surface area contributed by atoms with Gasteiger partial charge in [0.05, 0.1) is 0 Å². The van der Waals surface area contributed by atoms with Crippen LogP contribution in [0.25, 0.3) is 0 Å². The molecule has 0 spiro atoms. The first-order valence-corrected chi connectivity index (χ1v) is 6.91. The predicted octanol–water partition coefficient (Wildman–Crippen LogP) is 2.44. The fraction of sp³-hybridized carbons (Fsp3) is 0.600. The topological polar surface area (TPSA) is 15.3 Å². The minimum Gasteiger partial charge on any atom is -0.315 e. The van der Waals surface area contributed by atoms with Gasteiger partial charge >= 0.3 is 0 Å². The van der Waals surface area contributed by atoms with E-state index in [0.717, 1.165) is 19.5 Å². The van der Waals surface area contributed by atoms with Crippen LogP contribution in [0.5, 0.6) is 0 Å². The lowest BCUT2D eigenvalue weighted by Crippen LogP contribution is -2.43. The summed E-state index contributed by atoms with van der Waals surface area (Å²) in [5, 5.41) is 3.51. The van der Waals surface area contributed by atoms with Crippen molar-refractivity contribution in [3.8, 4) is 0 Å². The van der Waals surface area contributed by atoms with Crippen LogP contribution in [0.3, 0.4) is 0 Å². The van der Waals surface area contributed by atoms with Gasteiger partial charge in [-0.25, -0.2) is 4.39 Å². The summed E-state index contributed by atoms with van der Waals surface area (Å²) in [4.78, 5) is 2.45. The van der Waals surface area contributed by atoms with Crippen molar-refractivity contribution in [3.63, 3.8) is 0 Å². The monoisotopic (exact) mass is 250 g/mol. The fourth-order valence-corrected chi connectivity index (χ4v) is 2.55. The van der Waals surface area contributed by atoms with Crippen LogP contribution >= 0.6 is 0 Å². The Morgan fingerprint density at radius 2 is 2.06 bits per heavy atom. The van der Waals surface area contributed by atoms with Gasteiger partial charge in [-0.2, -0.15) is 0 Å². The number of nitrogens with one attached hydrogen (secondary N) is 1. The highest BCUT2D eigenvalue weighted by Gasteiger charge is 2.17. The Morgan fingerprint density at radius 1 is 1.28 bits per heavy atom. The van der Waals surface area contributed by atoms with Crippen molar-refractivity contribution in [2.45, 2.75) is 31.7 Å². The number of nitrogens with zero attached hydrogens (tertiary/aromatic N) is 1. The third-order valence-electron chi connectivity index (χ3n) is 3.81. The number of halogens is 1. The minimum atomic E-state index is -0.157. The van der Waals surface area contributed by atoms with E-state index in [1.54, 1.807) is 0 Å². The molecular weight excluding hydrogens is 227 g/mol. The Kier molecular flexibility index (Phi) is 5.14. The van der Waals surface area contributed by atoms with Crippen LogP contribution in [0.2, 0.25) is 0 Å². The van der Waals surface area contributed by atoms with Gasteiger partial charge in [-0.15, -0.1) is 0 Å². The van der Waals surface area contributed by atoms with E-state index >= 15 is 0 Å². The molecule has 1 aliphatic rings. The molecule has 1 heterocycles. The second-order valence-corrected chi connectivity index (χ2v) is 5.21. The Labute approximate surface area is 109 Å². The van der Waals surface area contributed by atoms with Gasteiger partial charge in [-0.3, -0.25) is 0 Å². The third kappa shape index (κ3) is 4.07. The molecule has 0 aliphatic carbocycles. The van der Waals surface area contributed by atoms with Crippen molar-refractivity contribution in [2.75, 3.05) is 26.7 Å². The highest BCUT2D eigenvalue weighted by Crippen LogP contribution is 2.13. The van der Waals surface area contributed by atoms with Crippen LogP contribution in [-0.2, 0) is 6.42 Å². The standard InChI is InChI=1S/C15H23FN2/c1-18-11-3-2-4-15(18)12-17-10-9-13-5-7-14(16)8-6-13/h5-8,15,17H,2-4,9-12H2,1H3. The largest absolute Gasteiger partial charge is 0.315 e. The number of piperidine rings is 1. The number of likely N-dealkylation sites (N-methyl/N-ethyl adjacent to an activating group) is 1. The van der Waals surface area contributed by atoms with Gasteiger partial charge in [0.1, 0.15) is 5.82 Å². The summed E-state index contributed by atoms with van der Waals surface area (Å²) in [7, 11) is 2.21. The van der Waals surface area contributed by atoms with E-state index in [1.807, 2.05) is 12.1 Å².